The smallest absolute Gasteiger partial charge is 0.407 e. The van der Waals surface area contributed by atoms with E-state index in [-0.39, 0.29) is 12.5 Å². The minimum Gasteiger partial charge on any atom is -0.480 e. The zero-order valence-corrected chi connectivity index (χ0v) is 16.0. The van der Waals surface area contributed by atoms with E-state index in [9.17, 15) is 14.7 Å². The minimum atomic E-state index is -1.04. The first-order valence-electron chi connectivity index (χ1n) is 9.60. The molecule has 0 saturated carbocycles. The van der Waals surface area contributed by atoms with Crippen molar-refractivity contribution in [2.75, 3.05) is 13.2 Å². The van der Waals surface area contributed by atoms with Gasteiger partial charge in [0.1, 0.15) is 12.6 Å². The lowest BCUT2D eigenvalue weighted by molar-refractivity contribution is -0.139. The van der Waals surface area contributed by atoms with Crippen LogP contribution in [0.25, 0.3) is 11.1 Å². The number of rotatable bonds is 9. The molecule has 1 unspecified atom stereocenters. The first-order chi connectivity index (χ1) is 13.6. The van der Waals surface area contributed by atoms with Crippen LogP contribution in [0.4, 0.5) is 4.79 Å². The topological polar surface area (TPSA) is 87.7 Å². The van der Waals surface area contributed by atoms with Crippen molar-refractivity contribution in [2.24, 2.45) is 0 Å². The molecule has 0 aliphatic heterocycles. The van der Waals surface area contributed by atoms with Crippen molar-refractivity contribution >= 4 is 20.0 Å². The number of nitrogens with one attached hydrogen (secondary N) is 2. The van der Waals surface area contributed by atoms with Gasteiger partial charge in [-0.05, 0) is 48.1 Å². The second kappa shape index (κ2) is 9.42. The molecule has 1 atom stereocenters. The van der Waals surface area contributed by atoms with E-state index in [2.05, 4.69) is 22.7 Å². The van der Waals surface area contributed by atoms with Gasteiger partial charge in [-0.25, -0.2) is 9.59 Å². The number of unbranched alkanes of at least 4 members (excludes halogenated alkanes) is 1. The third-order valence-electron chi connectivity index (χ3n) is 5.10. The van der Waals surface area contributed by atoms with Gasteiger partial charge in [-0.1, -0.05) is 48.5 Å². The highest BCUT2D eigenvalue weighted by molar-refractivity contribution is 6.04. The third kappa shape index (κ3) is 4.54. The van der Waals surface area contributed by atoms with Gasteiger partial charge < -0.3 is 20.4 Å². The molecule has 0 fully saturated rings. The first kappa shape index (κ1) is 20.0. The van der Waals surface area contributed by atoms with E-state index in [4.69, 9.17) is 4.74 Å². The number of benzene rings is 2. The SMILES string of the molecule is BNCCCCC(NC(=O)OCC1c2ccccc2-c2ccccc21)C(=O)O. The van der Waals surface area contributed by atoms with E-state index in [1.807, 2.05) is 44.4 Å². The molecule has 3 N–H and O–H groups in total. The van der Waals surface area contributed by atoms with Crippen LogP contribution in [0, 0.1) is 0 Å². The maximum Gasteiger partial charge on any atom is 0.407 e. The molecule has 0 saturated heterocycles. The van der Waals surface area contributed by atoms with Crippen LogP contribution in [0.15, 0.2) is 48.5 Å². The van der Waals surface area contributed by atoms with Crippen LogP contribution in [-0.4, -0.2) is 44.3 Å². The molecule has 0 bridgehead atoms. The molecule has 28 heavy (non-hydrogen) atoms. The van der Waals surface area contributed by atoms with E-state index in [1.165, 1.54) is 0 Å². The number of carbonyl (C=O) groups excluding carboxylic acids is 1. The molecule has 1 amide bonds. The van der Waals surface area contributed by atoms with Gasteiger partial charge in [-0.2, -0.15) is 0 Å². The lowest BCUT2D eigenvalue weighted by atomic mass is 9.98. The number of aliphatic carboxylic acids is 1. The van der Waals surface area contributed by atoms with E-state index in [1.54, 1.807) is 0 Å². The fourth-order valence-electron chi connectivity index (χ4n) is 3.69. The molecule has 1 aliphatic rings. The van der Waals surface area contributed by atoms with E-state index in [0.717, 1.165) is 35.2 Å². The summed E-state index contributed by atoms with van der Waals surface area (Å²) in [5.74, 6) is -1.09. The Morgan fingerprint density at radius 1 is 1.04 bits per heavy atom. The number of carboxylic acid groups (broad SMARTS) is 1. The zero-order valence-electron chi connectivity index (χ0n) is 16.0. The van der Waals surface area contributed by atoms with E-state index < -0.39 is 18.1 Å². The summed E-state index contributed by atoms with van der Waals surface area (Å²) in [4.78, 5) is 23.6. The van der Waals surface area contributed by atoms with Crippen LogP contribution < -0.4 is 10.5 Å². The molecule has 0 heterocycles. The first-order valence-corrected chi connectivity index (χ1v) is 9.60. The Labute approximate surface area is 165 Å². The highest BCUT2D eigenvalue weighted by Gasteiger charge is 2.29. The van der Waals surface area contributed by atoms with Gasteiger partial charge in [-0.3, -0.25) is 0 Å². The monoisotopic (exact) mass is 380 g/mol. The average Bonchev–Trinajstić information content (AvgIpc) is 3.02. The van der Waals surface area contributed by atoms with Crippen molar-refractivity contribution in [1.82, 2.24) is 10.5 Å². The van der Waals surface area contributed by atoms with Gasteiger partial charge in [0.25, 0.3) is 0 Å². The summed E-state index contributed by atoms with van der Waals surface area (Å²) < 4.78 is 5.42. The lowest BCUT2D eigenvalue weighted by Gasteiger charge is -2.17. The van der Waals surface area contributed by atoms with Crippen LogP contribution in [0.5, 0.6) is 0 Å². The summed E-state index contributed by atoms with van der Waals surface area (Å²) in [7, 11) is 1.85. The number of carboxylic acids is 1. The van der Waals surface area contributed by atoms with Crippen LogP contribution in [0.1, 0.15) is 36.3 Å². The fourth-order valence-corrected chi connectivity index (χ4v) is 3.69. The zero-order chi connectivity index (χ0) is 19.9. The molecule has 1 aliphatic carbocycles. The summed E-state index contributed by atoms with van der Waals surface area (Å²) in [6.45, 7) is 0.989. The van der Waals surface area contributed by atoms with Crippen LogP contribution in [0.3, 0.4) is 0 Å². The van der Waals surface area contributed by atoms with Crippen LogP contribution >= 0.6 is 0 Å². The minimum absolute atomic E-state index is 0.0444. The Kier molecular flexibility index (Phi) is 6.71. The van der Waals surface area contributed by atoms with Crippen molar-refractivity contribution in [3.05, 3.63) is 59.7 Å². The summed E-state index contributed by atoms with van der Waals surface area (Å²) in [6.07, 6.45) is 1.25. The van der Waals surface area contributed by atoms with Gasteiger partial charge in [0.15, 0.2) is 7.98 Å². The number of hydrogen-bond donors (Lipinski definition) is 3. The Balaban J connectivity index is 1.60. The molecule has 0 spiro atoms. The van der Waals surface area contributed by atoms with Gasteiger partial charge >= 0.3 is 12.1 Å². The molecule has 6 nitrogen and oxygen atoms in total. The molecule has 3 rings (SSSR count). The largest absolute Gasteiger partial charge is 0.480 e. The molecule has 0 aromatic heterocycles. The maximum absolute atomic E-state index is 12.2. The highest BCUT2D eigenvalue weighted by Crippen LogP contribution is 2.44. The number of carbonyl (C=O) groups is 2. The Morgan fingerprint density at radius 3 is 2.21 bits per heavy atom. The summed E-state index contributed by atoms with van der Waals surface area (Å²) >= 11 is 0. The predicted octanol–water partition coefficient (Wildman–Crippen LogP) is 2.29. The maximum atomic E-state index is 12.2. The Hall–Kier alpha value is -2.80. The second-order valence-electron chi connectivity index (χ2n) is 6.96. The van der Waals surface area contributed by atoms with Crippen molar-refractivity contribution in [1.29, 1.82) is 0 Å². The lowest BCUT2D eigenvalue weighted by Crippen LogP contribution is -2.41. The molecular formula is C21H25BN2O4. The Bertz CT molecular complexity index is 797. The van der Waals surface area contributed by atoms with Crippen molar-refractivity contribution in [2.45, 2.75) is 31.2 Å². The van der Waals surface area contributed by atoms with Crippen molar-refractivity contribution < 1.29 is 19.4 Å². The number of alkyl carbamates (subject to hydrolysis) is 1. The summed E-state index contributed by atoms with van der Waals surface area (Å²) in [5, 5.41) is 14.8. The number of fused-ring (bicyclic) bond motifs is 3. The van der Waals surface area contributed by atoms with Gasteiger partial charge in [0.2, 0.25) is 0 Å². The summed E-state index contributed by atoms with van der Waals surface area (Å²) in [6, 6.07) is 15.2. The van der Waals surface area contributed by atoms with Gasteiger partial charge in [0, 0.05) is 5.92 Å². The fraction of sp³-hybridized carbons (Fsp3) is 0.333. The molecule has 2 aromatic carbocycles. The molecule has 2 aromatic rings. The van der Waals surface area contributed by atoms with Crippen LogP contribution in [0.2, 0.25) is 0 Å². The molecule has 0 radical (unpaired) electrons. The van der Waals surface area contributed by atoms with Gasteiger partial charge in [0.05, 0.1) is 0 Å². The number of amides is 1. The average molecular weight is 380 g/mol. The summed E-state index contributed by atoms with van der Waals surface area (Å²) in [5.41, 5.74) is 4.55. The molecular weight excluding hydrogens is 355 g/mol. The van der Waals surface area contributed by atoms with Crippen molar-refractivity contribution in [3.8, 4) is 11.1 Å². The normalized spacial score (nSPS) is 13.4. The quantitative estimate of drug-likeness (QED) is 0.459. The van der Waals surface area contributed by atoms with E-state index in [0.29, 0.717) is 12.8 Å². The third-order valence-corrected chi connectivity index (χ3v) is 5.10. The molecule has 146 valence electrons. The van der Waals surface area contributed by atoms with Crippen LogP contribution in [-0.2, 0) is 9.53 Å². The van der Waals surface area contributed by atoms with Gasteiger partial charge in [-0.15, -0.1) is 0 Å². The molecule has 7 heteroatoms. The van der Waals surface area contributed by atoms with E-state index >= 15 is 0 Å². The Morgan fingerprint density at radius 2 is 1.64 bits per heavy atom. The highest BCUT2D eigenvalue weighted by atomic mass is 16.5. The van der Waals surface area contributed by atoms with Crippen molar-refractivity contribution in [3.63, 3.8) is 0 Å². The predicted molar refractivity (Wildman–Crippen MR) is 110 cm³/mol. The second-order valence-corrected chi connectivity index (χ2v) is 6.96. The number of hydrogen-bond acceptors (Lipinski definition) is 4. The number of ether oxygens (including phenoxy) is 1. The standard InChI is InChI=1S/C21H25BN2O4/c22-23-12-6-5-11-19(20(25)26)24-21(27)28-13-18-16-9-3-1-7-14(16)15-8-2-4-10-17(15)18/h1-4,7-10,18-19,23H,5-6,11-13,22H2,(H,24,27)(H,25,26).